The van der Waals surface area contributed by atoms with Gasteiger partial charge in [0.15, 0.2) is 0 Å². The van der Waals surface area contributed by atoms with E-state index in [0.717, 1.165) is 0 Å². The van der Waals surface area contributed by atoms with Crippen LogP contribution >= 0.6 is 0 Å². The zero-order valence-electron chi connectivity index (χ0n) is 20.9. The summed E-state index contributed by atoms with van der Waals surface area (Å²) in [7, 11) is 0. The Morgan fingerprint density at radius 2 is 1.81 bits per heavy atom. The third kappa shape index (κ3) is 5.38. The number of hydrogen-bond acceptors (Lipinski definition) is 7. The maximum Gasteiger partial charge on any atom is 0.338 e. The topological polar surface area (TPSA) is 106 Å². The number of ketones is 1. The molecule has 190 valence electrons. The Balaban J connectivity index is 1.81. The van der Waals surface area contributed by atoms with Crippen LogP contribution in [-0.4, -0.2) is 40.5 Å². The summed E-state index contributed by atoms with van der Waals surface area (Å²) in [5, 5.41) is 11.3. The first-order chi connectivity index (χ1) is 17.8. The van der Waals surface area contributed by atoms with Crippen molar-refractivity contribution in [2.24, 2.45) is 0 Å². The van der Waals surface area contributed by atoms with Gasteiger partial charge >= 0.3 is 5.97 Å². The van der Waals surface area contributed by atoms with Crippen LogP contribution in [0.3, 0.4) is 0 Å². The molecule has 0 aliphatic carbocycles. The monoisotopic (exact) mass is 500 g/mol. The molecule has 1 saturated heterocycles. The SMILES string of the molecule is CCCOC(=O)c1cccc(N2C(=O)C(=O)/C(=C(/O)c3ccc(OC(C)C)cc3)C2c2cccnc2)c1. The number of carbonyl (C=O) groups excluding carboxylic acids is 3. The highest BCUT2D eigenvalue weighted by atomic mass is 16.5. The molecule has 2 heterocycles. The highest BCUT2D eigenvalue weighted by Crippen LogP contribution is 2.42. The first kappa shape index (κ1) is 25.6. The van der Waals surface area contributed by atoms with Gasteiger partial charge in [-0.2, -0.15) is 0 Å². The van der Waals surface area contributed by atoms with Crippen molar-refractivity contribution in [3.8, 4) is 5.75 Å². The van der Waals surface area contributed by atoms with Gasteiger partial charge in [0.05, 0.1) is 29.9 Å². The fraction of sp³-hybridized carbons (Fsp3) is 0.241. The predicted octanol–water partition coefficient (Wildman–Crippen LogP) is 5.06. The quantitative estimate of drug-likeness (QED) is 0.199. The molecule has 1 aliphatic rings. The minimum absolute atomic E-state index is 0.0228. The summed E-state index contributed by atoms with van der Waals surface area (Å²) in [5.74, 6) is -1.89. The van der Waals surface area contributed by atoms with Crippen molar-refractivity contribution in [3.63, 3.8) is 0 Å². The van der Waals surface area contributed by atoms with Crippen LogP contribution in [0, 0.1) is 0 Å². The number of ether oxygens (including phenoxy) is 2. The van der Waals surface area contributed by atoms with E-state index in [9.17, 15) is 19.5 Å². The summed E-state index contributed by atoms with van der Waals surface area (Å²) >= 11 is 0. The van der Waals surface area contributed by atoms with Gasteiger partial charge in [0.25, 0.3) is 11.7 Å². The van der Waals surface area contributed by atoms with Crippen LogP contribution in [0.15, 0.2) is 78.6 Å². The summed E-state index contributed by atoms with van der Waals surface area (Å²) in [4.78, 5) is 44.5. The molecule has 1 amide bonds. The number of benzene rings is 2. The maximum atomic E-state index is 13.3. The van der Waals surface area contributed by atoms with Crippen LogP contribution in [0.1, 0.15) is 54.7 Å². The summed E-state index contributed by atoms with van der Waals surface area (Å²) in [6, 6.07) is 15.4. The highest BCUT2D eigenvalue weighted by molar-refractivity contribution is 6.51. The Morgan fingerprint density at radius 3 is 2.46 bits per heavy atom. The minimum atomic E-state index is -0.956. The van der Waals surface area contributed by atoms with E-state index in [1.807, 2.05) is 20.8 Å². The molecule has 8 nitrogen and oxygen atoms in total. The van der Waals surface area contributed by atoms with Gasteiger partial charge in [-0.05, 0) is 74.4 Å². The van der Waals surface area contributed by atoms with Crippen molar-refractivity contribution in [1.29, 1.82) is 0 Å². The Hall–Kier alpha value is -4.46. The molecule has 37 heavy (non-hydrogen) atoms. The summed E-state index contributed by atoms with van der Waals surface area (Å²) in [6.45, 7) is 5.97. The molecular weight excluding hydrogens is 472 g/mol. The molecule has 1 aliphatic heterocycles. The van der Waals surface area contributed by atoms with E-state index in [-0.39, 0.29) is 29.6 Å². The second-order valence-corrected chi connectivity index (χ2v) is 8.83. The van der Waals surface area contributed by atoms with Crippen molar-refractivity contribution in [1.82, 2.24) is 4.98 Å². The van der Waals surface area contributed by atoms with E-state index in [1.165, 1.54) is 17.2 Å². The zero-order valence-corrected chi connectivity index (χ0v) is 20.9. The number of pyridine rings is 1. The Morgan fingerprint density at radius 1 is 1.05 bits per heavy atom. The number of aliphatic hydroxyl groups is 1. The van der Waals surface area contributed by atoms with Gasteiger partial charge in [-0.15, -0.1) is 0 Å². The van der Waals surface area contributed by atoms with Gasteiger partial charge in [0, 0.05) is 23.6 Å². The van der Waals surface area contributed by atoms with Crippen molar-refractivity contribution < 1.29 is 29.0 Å². The lowest BCUT2D eigenvalue weighted by atomic mass is 9.96. The normalized spacial score (nSPS) is 16.8. The molecule has 1 N–H and O–H groups in total. The summed E-state index contributed by atoms with van der Waals surface area (Å²) < 4.78 is 10.9. The number of anilines is 1. The average molecular weight is 501 g/mol. The number of aromatic nitrogens is 1. The second kappa shape index (κ2) is 11.1. The van der Waals surface area contributed by atoms with Crippen molar-refractivity contribution in [3.05, 3.63) is 95.3 Å². The molecule has 2 aromatic carbocycles. The Kier molecular flexibility index (Phi) is 7.67. The fourth-order valence-corrected chi connectivity index (χ4v) is 4.13. The molecule has 4 rings (SSSR count). The van der Waals surface area contributed by atoms with Crippen molar-refractivity contribution >= 4 is 29.1 Å². The lowest BCUT2D eigenvalue weighted by molar-refractivity contribution is -0.132. The Bertz CT molecular complexity index is 1330. The van der Waals surface area contributed by atoms with Crippen LogP contribution in [0.5, 0.6) is 5.75 Å². The lowest BCUT2D eigenvalue weighted by Gasteiger charge is -2.25. The number of nitrogens with zero attached hydrogens (tertiary/aromatic N) is 2. The van der Waals surface area contributed by atoms with Crippen LogP contribution in [0.2, 0.25) is 0 Å². The van der Waals surface area contributed by atoms with Crippen LogP contribution in [-0.2, 0) is 14.3 Å². The zero-order chi connectivity index (χ0) is 26.5. The highest BCUT2D eigenvalue weighted by Gasteiger charge is 2.47. The second-order valence-electron chi connectivity index (χ2n) is 8.83. The fourth-order valence-electron chi connectivity index (χ4n) is 4.13. The van der Waals surface area contributed by atoms with Gasteiger partial charge < -0.3 is 14.6 Å². The minimum Gasteiger partial charge on any atom is -0.507 e. The van der Waals surface area contributed by atoms with E-state index >= 15 is 0 Å². The third-order valence-electron chi connectivity index (χ3n) is 5.74. The number of aliphatic hydroxyl groups excluding tert-OH is 1. The molecule has 0 bridgehead atoms. The van der Waals surface area contributed by atoms with E-state index in [1.54, 1.807) is 60.8 Å². The van der Waals surface area contributed by atoms with Gasteiger partial charge in [-0.25, -0.2) is 4.79 Å². The standard InChI is InChI=1S/C29H28N2O6/c1-4-15-36-29(35)20-7-5-9-22(16-20)31-25(21-8-6-14-30-17-21)24(27(33)28(31)34)26(32)19-10-12-23(13-11-19)37-18(2)3/h5-14,16-18,25,32H,4,15H2,1-3H3/b26-24+. The summed E-state index contributed by atoms with van der Waals surface area (Å²) in [5.41, 5.74) is 1.39. The molecule has 3 aromatic rings. The van der Waals surface area contributed by atoms with Crippen LogP contribution in [0.4, 0.5) is 5.69 Å². The van der Waals surface area contributed by atoms with Gasteiger partial charge in [-0.3, -0.25) is 19.5 Å². The molecule has 1 fully saturated rings. The average Bonchev–Trinajstić information content (AvgIpc) is 3.17. The maximum absolute atomic E-state index is 13.3. The number of hydrogen-bond donors (Lipinski definition) is 1. The van der Waals surface area contributed by atoms with E-state index < -0.39 is 23.7 Å². The smallest absolute Gasteiger partial charge is 0.338 e. The number of Topliss-reactive ketones (excluding diaryl/α,β-unsaturated/α-hetero) is 1. The van der Waals surface area contributed by atoms with Gasteiger partial charge in [0.1, 0.15) is 11.5 Å². The first-order valence-corrected chi connectivity index (χ1v) is 12.1. The number of amides is 1. The number of rotatable bonds is 8. The van der Waals surface area contributed by atoms with Crippen molar-refractivity contribution in [2.75, 3.05) is 11.5 Å². The molecule has 1 unspecified atom stereocenters. The first-order valence-electron chi connectivity index (χ1n) is 12.1. The van der Waals surface area contributed by atoms with E-state index in [4.69, 9.17) is 9.47 Å². The molecule has 1 atom stereocenters. The van der Waals surface area contributed by atoms with Gasteiger partial charge in [0.2, 0.25) is 0 Å². The Labute approximate surface area is 215 Å². The number of carbonyl (C=O) groups is 3. The van der Waals surface area contributed by atoms with Crippen molar-refractivity contribution in [2.45, 2.75) is 39.3 Å². The predicted molar refractivity (Wildman–Crippen MR) is 138 cm³/mol. The number of esters is 1. The van der Waals surface area contributed by atoms with E-state index in [2.05, 4.69) is 4.98 Å². The van der Waals surface area contributed by atoms with Crippen LogP contribution < -0.4 is 9.64 Å². The van der Waals surface area contributed by atoms with E-state index in [0.29, 0.717) is 29.0 Å². The summed E-state index contributed by atoms with van der Waals surface area (Å²) in [6.07, 6.45) is 3.76. The molecule has 0 spiro atoms. The largest absolute Gasteiger partial charge is 0.507 e. The third-order valence-corrected chi connectivity index (χ3v) is 5.74. The molecule has 8 heteroatoms. The molecular formula is C29H28N2O6. The lowest BCUT2D eigenvalue weighted by Crippen LogP contribution is -2.29. The van der Waals surface area contributed by atoms with Gasteiger partial charge in [-0.1, -0.05) is 19.1 Å². The van der Waals surface area contributed by atoms with Crippen LogP contribution in [0.25, 0.3) is 5.76 Å². The molecule has 1 aromatic heterocycles. The molecule has 0 radical (unpaired) electrons. The molecule has 0 saturated carbocycles.